The fourth-order valence-electron chi connectivity index (χ4n) is 4.67. The van der Waals surface area contributed by atoms with Crippen LogP contribution >= 0.6 is 23.4 Å². The van der Waals surface area contributed by atoms with Crippen LogP contribution < -0.4 is 4.90 Å². The number of nitriles is 2. The van der Waals surface area contributed by atoms with Crippen molar-refractivity contribution in [2.75, 3.05) is 24.6 Å². The van der Waals surface area contributed by atoms with E-state index in [1.54, 1.807) is 18.4 Å². The molecule has 7 nitrogen and oxygen atoms in total. The van der Waals surface area contributed by atoms with E-state index in [0.29, 0.717) is 50.6 Å². The number of halogens is 1. The van der Waals surface area contributed by atoms with E-state index in [2.05, 4.69) is 22.0 Å². The summed E-state index contributed by atoms with van der Waals surface area (Å²) in [6.45, 7) is 1.78. The zero-order chi connectivity index (χ0) is 27.2. The number of aliphatic hydroxyl groups excluding tert-OH is 1. The van der Waals surface area contributed by atoms with Gasteiger partial charge in [0.15, 0.2) is 0 Å². The topological polar surface area (TPSA) is 110 Å². The maximum atomic E-state index is 10.3. The van der Waals surface area contributed by atoms with Crippen LogP contribution in [0.25, 0.3) is 22.6 Å². The number of anilines is 1. The minimum absolute atomic E-state index is 0.135. The van der Waals surface area contributed by atoms with Crippen LogP contribution in [0.4, 0.5) is 5.82 Å². The second-order valence-electron chi connectivity index (χ2n) is 9.25. The van der Waals surface area contributed by atoms with Crippen molar-refractivity contribution in [2.45, 2.75) is 36.5 Å². The molecular formula is C30H26ClN5O2S. The zero-order valence-corrected chi connectivity index (χ0v) is 22.8. The Labute approximate surface area is 236 Å². The number of oxazole rings is 1. The minimum Gasteiger partial charge on any atom is -0.444 e. The molecule has 3 heterocycles. The van der Waals surface area contributed by atoms with Crippen LogP contribution in [0.1, 0.15) is 41.6 Å². The Morgan fingerprint density at radius 2 is 1.64 bits per heavy atom. The monoisotopic (exact) mass is 555 g/mol. The van der Waals surface area contributed by atoms with E-state index in [1.807, 2.05) is 36.4 Å². The highest BCUT2D eigenvalue weighted by molar-refractivity contribution is 7.98. The summed E-state index contributed by atoms with van der Waals surface area (Å²) in [5.41, 5.74) is 4.85. The number of pyridine rings is 1. The van der Waals surface area contributed by atoms with Crippen LogP contribution in [0.15, 0.2) is 64.2 Å². The first kappa shape index (κ1) is 26.8. The Morgan fingerprint density at radius 1 is 0.949 bits per heavy atom. The molecule has 2 aromatic carbocycles. The summed E-state index contributed by atoms with van der Waals surface area (Å²) in [4.78, 5) is 11.6. The van der Waals surface area contributed by atoms with Crippen molar-refractivity contribution in [3.05, 3.63) is 82.2 Å². The van der Waals surface area contributed by atoms with E-state index in [0.717, 1.165) is 54.7 Å². The van der Waals surface area contributed by atoms with E-state index in [4.69, 9.17) is 26.1 Å². The van der Waals surface area contributed by atoms with Crippen molar-refractivity contribution in [3.8, 4) is 34.7 Å². The Morgan fingerprint density at radius 3 is 2.31 bits per heavy atom. The van der Waals surface area contributed by atoms with Crippen molar-refractivity contribution in [1.82, 2.24) is 9.97 Å². The number of hydrogen-bond acceptors (Lipinski definition) is 8. The largest absolute Gasteiger partial charge is 0.444 e. The molecule has 0 radical (unpaired) electrons. The number of hydrogen-bond donors (Lipinski definition) is 1. The highest BCUT2D eigenvalue weighted by atomic mass is 35.5. The molecule has 1 saturated heterocycles. The predicted molar refractivity (Wildman–Crippen MR) is 152 cm³/mol. The molecule has 1 N–H and O–H groups in total. The van der Waals surface area contributed by atoms with Crippen molar-refractivity contribution in [3.63, 3.8) is 0 Å². The average Bonchev–Trinajstić information content (AvgIpc) is 3.68. The van der Waals surface area contributed by atoms with Gasteiger partial charge in [-0.1, -0.05) is 47.6 Å². The molecule has 0 spiro atoms. The molecule has 4 aromatic rings. The van der Waals surface area contributed by atoms with Crippen molar-refractivity contribution >= 4 is 29.2 Å². The van der Waals surface area contributed by atoms with Gasteiger partial charge in [-0.3, -0.25) is 0 Å². The minimum atomic E-state index is 0.135. The number of rotatable bonds is 9. The molecule has 196 valence electrons. The number of aromatic nitrogens is 2. The summed E-state index contributed by atoms with van der Waals surface area (Å²) in [6.07, 6.45) is 5.13. The second-order valence-corrected chi connectivity index (χ2v) is 10.6. The van der Waals surface area contributed by atoms with E-state index >= 15 is 0 Å². The van der Waals surface area contributed by atoms with E-state index < -0.39 is 0 Å². The first-order valence-electron chi connectivity index (χ1n) is 12.8. The molecule has 2 aromatic heterocycles. The van der Waals surface area contributed by atoms with Gasteiger partial charge in [0, 0.05) is 41.6 Å². The summed E-state index contributed by atoms with van der Waals surface area (Å²) in [5.74, 6) is 1.57. The van der Waals surface area contributed by atoms with Crippen LogP contribution in [0.5, 0.6) is 0 Å². The smallest absolute Gasteiger partial charge is 0.226 e. The Hall–Kier alpha value is -3.82. The third-order valence-corrected chi connectivity index (χ3v) is 7.90. The Kier molecular flexibility index (Phi) is 8.48. The third-order valence-electron chi connectivity index (χ3n) is 6.64. The summed E-state index contributed by atoms with van der Waals surface area (Å²) in [5, 5.41) is 30.9. The van der Waals surface area contributed by atoms with Crippen molar-refractivity contribution in [2.24, 2.45) is 0 Å². The Balaban J connectivity index is 1.51. The summed E-state index contributed by atoms with van der Waals surface area (Å²) >= 11 is 7.41. The van der Waals surface area contributed by atoms with Gasteiger partial charge in [-0.25, -0.2) is 9.97 Å². The lowest BCUT2D eigenvalue weighted by atomic mass is 9.95. The highest BCUT2D eigenvalue weighted by Gasteiger charge is 2.26. The number of aliphatic hydroxyl groups is 1. The lowest BCUT2D eigenvalue weighted by Gasteiger charge is -2.22. The van der Waals surface area contributed by atoms with Crippen LogP contribution in [0.3, 0.4) is 0 Å². The quantitative estimate of drug-likeness (QED) is 0.229. The van der Waals surface area contributed by atoms with Gasteiger partial charge in [-0.15, -0.1) is 0 Å². The molecule has 0 unspecified atom stereocenters. The standard InChI is InChI=1S/C30H26ClN5O2S/c31-23-11-9-22(10-12-23)29-34-24(18-38-29)19-39-30-26(17-33)27(21-7-5-20(6-8-21)4-3-15-37)25(16-32)28(35-30)36-13-1-2-14-36/h5-12,18,37H,1-4,13-15,19H2. The fraction of sp³-hybridized carbons (Fsp3) is 0.267. The highest BCUT2D eigenvalue weighted by Crippen LogP contribution is 2.39. The normalized spacial score (nSPS) is 12.9. The summed E-state index contributed by atoms with van der Waals surface area (Å²) < 4.78 is 5.69. The molecule has 0 aliphatic carbocycles. The second kappa shape index (κ2) is 12.4. The molecule has 39 heavy (non-hydrogen) atoms. The van der Waals surface area contributed by atoms with E-state index in [9.17, 15) is 10.5 Å². The maximum absolute atomic E-state index is 10.3. The molecule has 9 heteroatoms. The molecule has 1 aliphatic heterocycles. The number of thioether (sulfide) groups is 1. The first-order valence-corrected chi connectivity index (χ1v) is 14.1. The van der Waals surface area contributed by atoms with Crippen LogP contribution in [0.2, 0.25) is 5.02 Å². The molecule has 1 fully saturated rings. The molecule has 5 rings (SSSR count). The van der Waals surface area contributed by atoms with Crippen molar-refractivity contribution in [1.29, 1.82) is 10.5 Å². The van der Waals surface area contributed by atoms with Gasteiger partial charge in [-0.05, 0) is 61.1 Å². The predicted octanol–water partition coefficient (Wildman–Crippen LogP) is 6.62. The fourth-order valence-corrected chi connectivity index (χ4v) is 5.66. The molecular weight excluding hydrogens is 530 g/mol. The number of benzene rings is 2. The van der Waals surface area contributed by atoms with Gasteiger partial charge in [0.2, 0.25) is 5.89 Å². The lowest BCUT2D eigenvalue weighted by molar-refractivity contribution is 0.288. The molecule has 0 amide bonds. The van der Waals surface area contributed by atoms with Crippen molar-refractivity contribution < 1.29 is 9.52 Å². The van der Waals surface area contributed by atoms with Gasteiger partial charge >= 0.3 is 0 Å². The summed E-state index contributed by atoms with van der Waals surface area (Å²) in [7, 11) is 0. The third kappa shape index (κ3) is 5.94. The SMILES string of the molecule is N#Cc1c(SCc2coc(-c3ccc(Cl)cc3)n2)nc(N2CCCC2)c(C#N)c1-c1ccc(CCCO)cc1. The van der Waals surface area contributed by atoms with Gasteiger partial charge in [0.05, 0.1) is 11.3 Å². The van der Waals surface area contributed by atoms with Crippen LogP contribution in [-0.4, -0.2) is 34.8 Å². The Bertz CT molecular complexity index is 1530. The van der Waals surface area contributed by atoms with Gasteiger partial charge in [-0.2, -0.15) is 10.5 Å². The maximum Gasteiger partial charge on any atom is 0.226 e. The zero-order valence-electron chi connectivity index (χ0n) is 21.2. The molecule has 1 aliphatic rings. The summed E-state index contributed by atoms with van der Waals surface area (Å²) in [6, 6.07) is 19.8. The van der Waals surface area contributed by atoms with Gasteiger partial charge in [0.25, 0.3) is 0 Å². The molecule has 0 atom stereocenters. The first-order chi connectivity index (χ1) is 19.1. The van der Waals surface area contributed by atoms with E-state index in [1.165, 1.54) is 11.8 Å². The van der Waals surface area contributed by atoms with Gasteiger partial charge in [0.1, 0.15) is 34.8 Å². The van der Waals surface area contributed by atoms with E-state index in [-0.39, 0.29) is 6.61 Å². The molecule has 0 bridgehead atoms. The van der Waals surface area contributed by atoms with Crippen LogP contribution in [-0.2, 0) is 12.2 Å². The average molecular weight is 556 g/mol. The van der Waals surface area contributed by atoms with Crippen LogP contribution in [0, 0.1) is 22.7 Å². The lowest BCUT2D eigenvalue weighted by Crippen LogP contribution is -2.21. The number of nitrogens with zero attached hydrogens (tertiary/aromatic N) is 5. The molecule has 0 saturated carbocycles. The number of aryl methyl sites for hydroxylation is 1. The van der Waals surface area contributed by atoms with Gasteiger partial charge < -0.3 is 14.4 Å².